The smallest absolute Gasteiger partial charge is 0.101 e. The minimum absolute atomic E-state index is 0.641. The van der Waals surface area contributed by atoms with Crippen molar-refractivity contribution in [3.8, 4) is 0 Å². The van der Waals surface area contributed by atoms with Crippen molar-refractivity contribution in [1.29, 1.82) is 0 Å². The van der Waals surface area contributed by atoms with Crippen LogP contribution in [0.25, 0.3) is 0 Å². The molecule has 41 heavy (non-hydrogen) atoms. The molecule has 1 heterocycles. The van der Waals surface area contributed by atoms with E-state index < -0.39 is 0 Å². The lowest BCUT2D eigenvalue weighted by molar-refractivity contribution is 0.135. The number of hydrogen-bond acceptors (Lipinski definition) is 2. The summed E-state index contributed by atoms with van der Waals surface area (Å²) >= 11 is 0. The average molecular weight is 575 g/mol. The summed E-state index contributed by atoms with van der Waals surface area (Å²) in [5, 5.41) is 0. The predicted octanol–water partition coefficient (Wildman–Crippen LogP) is 13.6. The van der Waals surface area contributed by atoms with Gasteiger partial charge in [0.2, 0.25) is 0 Å². The molecular weight excluding hydrogens is 496 g/mol. The van der Waals surface area contributed by atoms with Gasteiger partial charge in [0.25, 0.3) is 0 Å². The van der Waals surface area contributed by atoms with Gasteiger partial charge < -0.3 is 9.80 Å². The Bertz CT molecular complexity index is 530. The highest BCUT2D eigenvalue weighted by Crippen LogP contribution is 2.24. The molecule has 0 aromatic carbocycles. The minimum atomic E-state index is 0.641. The van der Waals surface area contributed by atoms with E-state index in [9.17, 15) is 0 Å². The Labute approximate surface area is 260 Å². The molecule has 0 aliphatic carbocycles. The zero-order valence-corrected chi connectivity index (χ0v) is 29.0. The molecule has 0 spiro atoms. The van der Waals surface area contributed by atoms with Gasteiger partial charge >= 0.3 is 0 Å². The summed E-state index contributed by atoms with van der Waals surface area (Å²) in [5.41, 5.74) is 0. The van der Waals surface area contributed by atoms with Crippen LogP contribution in [0.2, 0.25) is 0 Å². The highest BCUT2D eigenvalue weighted by atomic mass is 15.4. The highest BCUT2D eigenvalue weighted by molar-refractivity contribution is 4.97. The number of unbranched alkanes of at least 4 members (excludes halogenated alkanes) is 27. The molecular formula is C39H78N2. The third-order valence-corrected chi connectivity index (χ3v) is 9.57. The van der Waals surface area contributed by atoms with E-state index in [0.717, 1.165) is 0 Å². The lowest BCUT2D eigenvalue weighted by Crippen LogP contribution is -2.39. The van der Waals surface area contributed by atoms with E-state index in [1.165, 1.54) is 212 Å². The van der Waals surface area contributed by atoms with E-state index in [0.29, 0.717) is 6.17 Å². The predicted molar refractivity (Wildman–Crippen MR) is 186 cm³/mol. The summed E-state index contributed by atoms with van der Waals surface area (Å²) in [6.07, 6.45) is 49.9. The molecule has 0 bridgehead atoms. The van der Waals surface area contributed by atoms with Crippen LogP contribution in [0.5, 0.6) is 0 Å². The molecule has 1 aliphatic rings. The normalized spacial score (nSPS) is 15.0. The molecule has 0 aromatic rings. The van der Waals surface area contributed by atoms with Crippen LogP contribution in [-0.2, 0) is 0 Å². The Morgan fingerprint density at radius 1 is 0.317 bits per heavy atom. The molecule has 0 saturated carbocycles. The SMILES string of the molecule is CCCCCCCCCCCCCCCCCCN1C=CN(CCCCCCCCCCC)C1CCCCCCC. The van der Waals surface area contributed by atoms with Crippen LogP contribution in [0.3, 0.4) is 0 Å². The van der Waals surface area contributed by atoms with Crippen LogP contribution >= 0.6 is 0 Å². The van der Waals surface area contributed by atoms with Gasteiger partial charge in [-0.15, -0.1) is 0 Å². The minimum Gasteiger partial charge on any atom is -0.356 e. The first-order valence-corrected chi connectivity index (χ1v) is 19.5. The van der Waals surface area contributed by atoms with Gasteiger partial charge in [-0.1, -0.05) is 194 Å². The van der Waals surface area contributed by atoms with Gasteiger partial charge in [0.15, 0.2) is 0 Å². The Hall–Kier alpha value is -0.660. The largest absolute Gasteiger partial charge is 0.356 e. The third-order valence-electron chi connectivity index (χ3n) is 9.57. The standard InChI is InChI=1S/C39H78N2/c1-4-7-10-13-15-17-18-19-20-21-22-23-25-27-30-33-36-41-38-37-40(39(41)34-31-28-12-9-6-3)35-32-29-26-24-16-14-11-8-5-2/h37-39H,4-36H2,1-3H3. The lowest BCUT2D eigenvalue weighted by atomic mass is 10.0. The fourth-order valence-corrected chi connectivity index (χ4v) is 6.72. The Balaban J connectivity index is 2.10. The molecule has 0 N–H and O–H groups in total. The first-order chi connectivity index (χ1) is 20.3. The number of rotatable bonds is 33. The van der Waals surface area contributed by atoms with Crippen molar-refractivity contribution in [3.05, 3.63) is 12.4 Å². The fourth-order valence-electron chi connectivity index (χ4n) is 6.72. The summed E-state index contributed by atoms with van der Waals surface area (Å²) in [6.45, 7) is 9.48. The van der Waals surface area contributed by atoms with Crippen molar-refractivity contribution in [3.63, 3.8) is 0 Å². The Morgan fingerprint density at radius 2 is 0.561 bits per heavy atom. The molecule has 1 rings (SSSR count). The van der Waals surface area contributed by atoms with E-state index in [2.05, 4.69) is 43.0 Å². The van der Waals surface area contributed by atoms with Gasteiger partial charge in [-0.3, -0.25) is 0 Å². The van der Waals surface area contributed by atoms with Crippen LogP contribution in [0.1, 0.15) is 220 Å². The second-order valence-corrected chi connectivity index (χ2v) is 13.6. The zero-order valence-electron chi connectivity index (χ0n) is 29.0. The summed E-state index contributed by atoms with van der Waals surface area (Å²) in [4.78, 5) is 5.41. The summed E-state index contributed by atoms with van der Waals surface area (Å²) in [6, 6.07) is 0. The Morgan fingerprint density at radius 3 is 0.854 bits per heavy atom. The molecule has 1 atom stereocenters. The van der Waals surface area contributed by atoms with Crippen LogP contribution < -0.4 is 0 Å². The number of nitrogens with zero attached hydrogens (tertiary/aromatic N) is 2. The maximum Gasteiger partial charge on any atom is 0.101 e. The molecule has 0 radical (unpaired) electrons. The van der Waals surface area contributed by atoms with E-state index in [1.807, 2.05) is 0 Å². The third kappa shape index (κ3) is 23.5. The van der Waals surface area contributed by atoms with Crippen molar-refractivity contribution in [2.75, 3.05) is 13.1 Å². The molecule has 0 saturated heterocycles. The second-order valence-electron chi connectivity index (χ2n) is 13.6. The van der Waals surface area contributed by atoms with E-state index in [1.54, 1.807) is 0 Å². The molecule has 0 amide bonds. The second kappa shape index (κ2) is 30.8. The number of hydrogen-bond donors (Lipinski definition) is 0. The zero-order chi connectivity index (χ0) is 29.5. The lowest BCUT2D eigenvalue weighted by Gasteiger charge is -2.33. The maximum absolute atomic E-state index is 2.71. The van der Waals surface area contributed by atoms with E-state index >= 15 is 0 Å². The molecule has 1 unspecified atom stereocenters. The molecule has 2 nitrogen and oxygen atoms in total. The average Bonchev–Trinajstić information content (AvgIpc) is 3.37. The molecule has 244 valence electrons. The van der Waals surface area contributed by atoms with Gasteiger partial charge in [0.05, 0.1) is 0 Å². The summed E-state index contributed by atoms with van der Waals surface area (Å²) < 4.78 is 0. The van der Waals surface area contributed by atoms with Gasteiger partial charge in [-0.05, 0) is 25.7 Å². The monoisotopic (exact) mass is 575 g/mol. The van der Waals surface area contributed by atoms with Gasteiger partial charge in [0.1, 0.15) is 6.17 Å². The molecule has 0 fully saturated rings. The van der Waals surface area contributed by atoms with Crippen LogP contribution in [0.15, 0.2) is 12.4 Å². The molecule has 1 aliphatic heterocycles. The van der Waals surface area contributed by atoms with E-state index in [-0.39, 0.29) is 0 Å². The van der Waals surface area contributed by atoms with Gasteiger partial charge in [-0.25, -0.2) is 0 Å². The Kier molecular flexibility index (Phi) is 28.8. The van der Waals surface area contributed by atoms with Gasteiger partial charge in [-0.2, -0.15) is 0 Å². The molecule has 0 aromatic heterocycles. The van der Waals surface area contributed by atoms with Crippen LogP contribution in [0.4, 0.5) is 0 Å². The topological polar surface area (TPSA) is 6.48 Å². The first kappa shape index (κ1) is 38.4. The van der Waals surface area contributed by atoms with Crippen molar-refractivity contribution < 1.29 is 0 Å². The van der Waals surface area contributed by atoms with Gasteiger partial charge in [0, 0.05) is 25.5 Å². The summed E-state index contributed by atoms with van der Waals surface area (Å²) in [5.74, 6) is 0. The van der Waals surface area contributed by atoms with E-state index in [4.69, 9.17) is 0 Å². The van der Waals surface area contributed by atoms with Crippen LogP contribution in [-0.4, -0.2) is 29.1 Å². The van der Waals surface area contributed by atoms with Crippen molar-refractivity contribution in [2.24, 2.45) is 0 Å². The molecule has 2 heteroatoms. The maximum atomic E-state index is 2.71. The highest BCUT2D eigenvalue weighted by Gasteiger charge is 2.24. The fraction of sp³-hybridized carbons (Fsp3) is 0.949. The first-order valence-electron chi connectivity index (χ1n) is 19.5. The van der Waals surface area contributed by atoms with Crippen molar-refractivity contribution in [1.82, 2.24) is 9.80 Å². The summed E-state index contributed by atoms with van der Waals surface area (Å²) in [7, 11) is 0. The van der Waals surface area contributed by atoms with Crippen LogP contribution in [0, 0.1) is 0 Å². The quantitative estimate of drug-likeness (QED) is 0.0719. The van der Waals surface area contributed by atoms with Crippen molar-refractivity contribution in [2.45, 2.75) is 226 Å². The van der Waals surface area contributed by atoms with Crippen molar-refractivity contribution >= 4 is 0 Å².